The van der Waals surface area contributed by atoms with E-state index in [0.717, 1.165) is 32.4 Å². The molecule has 0 bridgehead atoms. The SMILES string of the molecule is Cl.O=C(NCc1ccccc1OC(F)(F)F)C1CC12CCNCC2. The van der Waals surface area contributed by atoms with Crippen molar-refractivity contribution in [2.75, 3.05) is 13.1 Å². The summed E-state index contributed by atoms with van der Waals surface area (Å²) in [5.74, 6) is -0.360. The molecule has 1 spiro atoms. The quantitative estimate of drug-likeness (QED) is 0.863. The zero-order valence-electron chi connectivity index (χ0n) is 13.0. The summed E-state index contributed by atoms with van der Waals surface area (Å²) in [6.07, 6.45) is -1.89. The Morgan fingerprint density at radius 1 is 1.29 bits per heavy atom. The van der Waals surface area contributed by atoms with Crippen LogP contribution in [0, 0.1) is 11.3 Å². The van der Waals surface area contributed by atoms with Crippen molar-refractivity contribution in [3.8, 4) is 5.75 Å². The van der Waals surface area contributed by atoms with Crippen LogP contribution in [0.25, 0.3) is 0 Å². The highest BCUT2D eigenvalue weighted by atomic mass is 35.5. The van der Waals surface area contributed by atoms with Gasteiger partial charge in [-0.25, -0.2) is 0 Å². The molecular weight excluding hydrogens is 345 g/mol. The lowest BCUT2D eigenvalue weighted by atomic mass is 9.92. The molecule has 0 radical (unpaired) electrons. The van der Waals surface area contributed by atoms with Gasteiger partial charge in [0.05, 0.1) is 0 Å². The van der Waals surface area contributed by atoms with E-state index in [2.05, 4.69) is 15.4 Å². The number of rotatable bonds is 4. The van der Waals surface area contributed by atoms with E-state index in [9.17, 15) is 18.0 Å². The van der Waals surface area contributed by atoms with E-state index in [1.165, 1.54) is 18.2 Å². The monoisotopic (exact) mass is 364 g/mol. The highest BCUT2D eigenvalue weighted by molar-refractivity contribution is 5.85. The molecule has 1 saturated heterocycles. The molecule has 8 heteroatoms. The van der Waals surface area contributed by atoms with Gasteiger partial charge in [-0.3, -0.25) is 4.79 Å². The van der Waals surface area contributed by atoms with Crippen molar-refractivity contribution in [3.05, 3.63) is 29.8 Å². The molecule has 24 heavy (non-hydrogen) atoms. The number of ether oxygens (including phenoxy) is 1. The first-order valence-electron chi connectivity index (χ1n) is 7.72. The van der Waals surface area contributed by atoms with Gasteiger partial charge in [0.1, 0.15) is 5.75 Å². The summed E-state index contributed by atoms with van der Waals surface area (Å²) in [6, 6.07) is 5.86. The van der Waals surface area contributed by atoms with Gasteiger partial charge in [-0.15, -0.1) is 25.6 Å². The first-order valence-corrected chi connectivity index (χ1v) is 7.72. The molecule has 1 unspecified atom stereocenters. The Labute approximate surface area is 144 Å². The van der Waals surface area contributed by atoms with Crippen LogP contribution in [-0.4, -0.2) is 25.4 Å². The van der Waals surface area contributed by atoms with E-state index >= 15 is 0 Å². The molecule has 4 nitrogen and oxygen atoms in total. The summed E-state index contributed by atoms with van der Waals surface area (Å²) in [5.41, 5.74) is 0.426. The van der Waals surface area contributed by atoms with Gasteiger partial charge in [-0.2, -0.15) is 0 Å². The van der Waals surface area contributed by atoms with Crippen molar-refractivity contribution in [1.29, 1.82) is 0 Å². The third-order valence-electron chi connectivity index (χ3n) is 4.76. The lowest BCUT2D eigenvalue weighted by Crippen LogP contribution is -2.33. The molecular formula is C16H20ClF3N2O2. The Morgan fingerprint density at radius 3 is 2.62 bits per heavy atom. The molecule has 1 saturated carbocycles. The maximum Gasteiger partial charge on any atom is 0.573 e. The summed E-state index contributed by atoms with van der Waals surface area (Å²) in [6.45, 7) is 1.88. The fourth-order valence-electron chi connectivity index (χ4n) is 3.38. The van der Waals surface area contributed by atoms with Crippen LogP contribution >= 0.6 is 12.4 Å². The van der Waals surface area contributed by atoms with Gasteiger partial charge >= 0.3 is 6.36 Å². The van der Waals surface area contributed by atoms with E-state index < -0.39 is 6.36 Å². The molecule has 2 N–H and O–H groups in total. The number of hydrogen-bond acceptors (Lipinski definition) is 3. The number of carbonyl (C=O) groups excluding carboxylic acids is 1. The number of piperidine rings is 1. The molecule has 1 aliphatic heterocycles. The van der Waals surface area contributed by atoms with Gasteiger partial charge in [0.25, 0.3) is 0 Å². The Kier molecular flexibility index (Phi) is 5.65. The van der Waals surface area contributed by atoms with Gasteiger partial charge in [0.2, 0.25) is 5.91 Å². The number of alkyl halides is 3. The smallest absolute Gasteiger partial charge is 0.405 e. The second-order valence-corrected chi connectivity index (χ2v) is 6.24. The molecule has 1 aromatic carbocycles. The molecule has 1 heterocycles. The topological polar surface area (TPSA) is 50.4 Å². The predicted molar refractivity (Wildman–Crippen MR) is 84.9 cm³/mol. The van der Waals surface area contributed by atoms with E-state index in [-0.39, 0.29) is 41.9 Å². The summed E-state index contributed by atoms with van der Waals surface area (Å²) in [7, 11) is 0. The van der Waals surface area contributed by atoms with Crippen LogP contribution in [0.15, 0.2) is 24.3 Å². The molecule has 3 rings (SSSR count). The van der Waals surface area contributed by atoms with Crippen molar-refractivity contribution < 1.29 is 22.7 Å². The van der Waals surface area contributed by atoms with Crippen molar-refractivity contribution in [1.82, 2.24) is 10.6 Å². The highest BCUT2D eigenvalue weighted by Crippen LogP contribution is 2.58. The largest absolute Gasteiger partial charge is 0.573 e. The number of carbonyl (C=O) groups is 1. The van der Waals surface area contributed by atoms with Gasteiger partial charge < -0.3 is 15.4 Å². The van der Waals surface area contributed by atoms with Gasteiger partial charge in [-0.05, 0) is 43.8 Å². The number of amides is 1. The normalized spacial score (nSPS) is 21.7. The number of hydrogen-bond donors (Lipinski definition) is 2. The lowest BCUT2D eigenvalue weighted by Gasteiger charge is -2.23. The lowest BCUT2D eigenvalue weighted by molar-refractivity contribution is -0.274. The second-order valence-electron chi connectivity index (χ2n) is 6.24. The molecule has 2 aliphatic rings. The van der Waals surface area contributed by atoms with Crippen LogP contribution in [0.5, 0.6) is 5.75 Å². The molecule has 1 amide bonds. The molecule has 134 valence electrons. The number of nitrogens with one attached hydrogen (secondary N) is 2. The van der Waals surface area contributed by atoms with E-state index in [1.54, 1.807) is 6.07 Å². The van der Waals surface area contributed by atoms with Crippen LogP contribution in [0.3, 0.4) is 0 Å². The van der Waals surface area contributed by atoms with Crippen LogP contribution in [0.4, 0.5) is 13.2 Å². The Balaban J connectivity index is 0.00000208. The third-order valence-corrected chi connectivity index (χ3v) is 4.76. The summed E-state index contributed by atoms with van der Waals surface area (Å²) < 4.78 is 41.1. The van der Waals surface area contributed by atoms with Crippen molar-refractivity contribution in [2.24, 2.45) is 11.3 Å². The summed E-state index contributed by atoms with van der Waals surface area (Å²) >= 11 is 0. The minimum absolute atomic E-state index is 0. The van der Waals surface area contributed by atoms with E-state index in [0.29, 0.717) is 5.56 Å². The Bertz CT molecular complexity index is 589. The van der Waals surface area contributed by atoms with Crippen molar-refractivity contribution in [3.63, 3.8) is 0 Å². The fraction of sp³-hybridized carbons (Fsp3) is 0.562. The zero-order chi connectivity index (χ0) is 16.5. The van der Waals surface area contributed by atoms with Crippen molar-refractivity contribution in [2.45, 2.75) is 32.2 Å². The summed E-state index contributed by atoms with van der Waals surface area (Å²) in [4.78, 5) is 12.3. The molecule has 1 atom stereocenters. The van der Waals surface area contributed by atoms with E-state index in [1.807, 2.05) is 0 Å². The number of benzene rings is 1. The van der Waals surface area contributed by atoms with Gasteiger partial charge in [0, 0.05) is 18.0 Å². The van der Waals surface area contributed by atoms with Crippen LogP contribution < -0.4 is 15.4 Å². The Morgan fingerprint density at radius 2 is 1.96 bits per heavy atom. The molecule has 1 aliphatic carbocycles. The van der Waals surface area contributed by atoms with E-state index in [4.69, 9.17) is 0 Å². The number of halogens is 4. The molecule has 2 fully saturated rings. The van der Waals surface area contributed by atoms with Crippen LogP contribution in [-0.2, 0) is 11.3 Å². The molecule has 0 aromatic heterocycles. The zero-order valence-corrected chi connectivity index (χ0v) is 13.8. The Hall–Kier alpha value is -1.47. The maximum atomic E-state index is 12.4. The van der Waals surface area contributed by atoms with Gasteiger partial charge in [-0.1, -0.05) is 18.2 Å². The summed E-state index contributed by atoms with van der Waals surface area (Å²) in [5, 5.41) is 6.02. The van der Waals surface area contributed by atoms with Crippen molar-refractivity contribution >= 4 is 18.3 Å². The minimum Gasteiger partial charge on any atom is -0.405 e. The predicted octanol–water partition coefficient (Wildman–Crippen LogP) is 3.01. The minimum atomic E-state index is -4.74. The first-order chi connectivity index (χ1) is 10.9. The third kappa shape index (κ3) is 4.33. The first kappa shape index (κ1) is 18.9. The van der Waals surface area contributed by atoms with Gasteiger partial charge in [0.15, 0.2) is 0 Å². The fourth-order valence-corrected chi connectivity index (χ4v) is 3.38. The molecule has 1 aromatic rings. The highest BCUT2D eigenvalue weighted by Gasteiger charge is 2.57. The number of para-hydroxylation sites is 1. The van der Waals surface area contributed by atoms with Crippen LogP contribution in [0.2, 0.25) is 0 Å². The average molecular weight is 365 g/mol. The maximum absolute atomic E-state index is 12.4. The van der Waals surface area contributed by atoms with Crippen LogP contribution in [0.1, 0.15) is 24.8 Å². The standard InChI is InChI=1S/C16H19F3N2O2.ClH/c17-16(18,19)23-13-4-2-1-3-11(13)10-21-14(22)12-9-15(12)5-7-20-8-6-15;/h1-4,12,20H,5-10H2,(H,21,22);1H. The average Bonchev–Trinajstić information content (AvgIpc) is 3.18. The second kappa shape index (κ2) is 7.19.